The van der Waals surface area contributed by atoms with E-state index >= 15 is 0 Å². The van der Waals surface area contributed by atoms with Gasteiger partial charge in [-0.25, -0.2) is 0 Å². The van der Waals surface area contributed by atoms with Gasteiger partial charge in [0.15, 0.2) is 0 Å². The Morgan fingerprint density at radius 3 is 1.00 bits per heavy atom. The van der Waals surface area contributed by atoms with Crippen LogP contribution in [0.5, 0.6) is 0 Å². The highest BCUT2D eigenvalue weighted by Gasteiger charge is 2.20. The van der Waals surface area contributed by atoms with Crippen molar-refractivity contribution in [3.63, 3.8) is 0 Å². The zero-order valence-electron chi connectivity index (χ0n) is 23.0. The van der Waals surface area contributed by atoms with Crippen LogP contribution in [0.4, 0.5) is 0 Å². The predicted molar refractivity (Wildman–Crippen MR) is 182 cm³/mol. The second kappa shape index (κ2) is 9.03. The molecule has 0 bridgehead atoms. The maximum atomic E-state index is 2.39. The molecule has 0 aromatic heterocycles. The van der Waals surface area contributed by atoms with E-state index in [1.165, 1.54) is 86.9 Å². The maximum absolute atomic E-state index is 2.39. The summed E-state index contributed by atoms with van der Waals surface area (Å²) in [5.74, 6) is 0. The second-order valence-corrected chi connectivity index (χ2v) is 11.3. The molecule has 0 radical (unpaired) electrons. The first-order chi connectivity index (χ1) is 20.8. The molecule has 0 saturated carbocycles. The normalized spacial score (nSPS) is 11.8. The van der Waals surface area contributed by atoms with E-state index in [0.29, 0.717) is 0 Å². The van der Waals surface area contributed by atoms with Gasteiger partial charge in [-0.15, -0.1) is 0 Å². The lowest BCUT2D eigenvalue weighted by Crippen LogP contribution is -1.92. The van der Waals surface area contributed by atoms with E-state index in [1.54, 1.807) is 0 Å². The molecule has 0 aliphatic carbocycles. The largest absolute Gasteiger partial charge is 0.0622 e. The summed E-state index contributed by atoms with van der Waals surface area (Å²) in [6, 6.07) is 58.1. The van der Waals surface area contributed by atoms with Gasteiger partial charge in [0.1, 0.15) is 0 Å². The Morgan fingerprint density at radius 2 is 0.571 bits per heavy atom. The Morgan fingerprint density at radius 1 is 0.238 bits per heavy atom. The van der Waals surface area contributed by atoms with Crippen molar-refractivity contribution in [1.82, 2.24) is 0 Å². The third kappa shape index (κ3) is 3.36. The maximum Gasteiger partial charge on any atom is -0.00137 e. The van der Waals surface area contributed by atoms with E-state index in [9.17, 15) is 0 Å². The van der Waals surface area contributed by atoms with E-state index < -0.39 is 0 Å². The van der Waals surface area contributed by atoms with Crippen molar-refractivity contribution in [3.8, 4) is 22.3 Å². The molecule has 0 N–H and O–H groups in total. The molecule has 42 heavy (non-hydrogen) atoms. The summed E-state index contributed by atoms with van der Waals surface area (Å²) >= 11 is 0. The molecule has 0 nitrogen and oxygen atoms in total. The molecule has 0 saturated heterocycles. The van der Waals surface area contributed by atoms with Crippen LogP contribution in [0.3, 0.4) is 0 Å². The van der Waals surface area contributed by atoms with E-state index in [2.05, 4.69) is 158 Å². The quantitative estimate of drug-likeness (QED) is 0.154. The Labute approximate surface area is 244 Å². The topological polar surface area (TPSA) is 0 Å². The average Bonchev–Trinajstić information content (AvgIpc) is 3.06. The van der Waals surface area contributed by atoms with Gasteiger partial charge in [-0.1, -0.05) is 146 Å². The average molecular weight is 531 g/mol. The smallest absolute Gasteiger partial charge is 0.00137 e. The summed E-state index contributed by atoms with van der Waals surface area (Å²) < 4.78 is 0. The molecule has 9 aromatic carbocycles. The summed E-state index contributed by atoms with van der Waals surface area (Å²) in [6.07, 6.45) is 0. The summed E-state index contributed by atoms with van der Waals surface area (Å²) in [4.78, 5) is 0. The van der Waals surface area contributed by atoms with Crippen molar-refractivity contribution < 1.29 is 0 Å². The zero-order valence-corrected chi connectivity index (χ0v) is 23.0. The van der Waals surface area contributed by atoms with Gasteiger partial charge in [0.25, 0.3) is 0 Å². The summed E-state index contributed by atoms with van der Waals surface area (Å²) in [6.45, 7) is 0. The molecule has 0 heterocycles. The monoisotopic (exact) mass is 530 g/mol. The van der Waals surface area contributed by atoms with E-state index in [1.807, 2.05) is 0 Å². The van der Waals surface area contributed by atoms with Crippen LogP contribution in [0.15, 0.2) is 158 Å². The minimum Gasteiger partial charge on any atom is -0.0622 e. The second-order valence-electron chi connectivity index (χ2n) is 11.3. The molecule has 9 rings (SSSR count). The van der Waals surface area contributed by atoms with E-state index in [0.717, 1.165) is 0 Å². The number of benzene rings is 9. The standard InChI is InChI=1S/C42H26/c1-3-13-29(14-4-1)39-37-31(21-19-27-11-7-9-17-35(27)37)25-33-23-24-34-26-32-22-20-28-12-8-10-18-36(28)38(32)40(42(34)41(33)39)30-15-5-2-6-16-30/h1-26H. The lowest BCUT2D eigenvalue weighted by atomic mass is 9.83. The zero-order chi connectivity index (χ0) is 27.6. The van der Waals surface area contributed by atoms with Crippen LogP contribution in [0.1, 0.15) is 0 Å². The lowest BCUT2D eigenvalue weighted by Gasteiger charge is -2.20. The van der Waals surface area contributed by atoms with Crippen LogP contribution in [0.25, 0.3) is 86.9 Å². The molecule has 0 aliphatic heterocycles. The fraction of sp³-hybridized carbons (Fsp3) is 0. The van der Waals surface area contributed by atoms with Crippen LogP contribution in [0.2, 0.25) is 0 Å². The summed E-state index contributed by atoms with van der Waals surface area (Å²) in [5, 5.41) is 15.4. The molecule has 0 aliphatic rings. The van der Waals surface area contributed by atoms with Crippen molar-refractivity contribution in [3.05, 3.63) is 158 Å². The Hall–Kier alpha value is -5.46. The van der Waals surface area contributed by atoms with Crippen LogP contribution >= 0.6 is 0 Å². The predicted octanol–water partition coefficient (Wildman–Crippen LogP) is 11.9. The van der Waals surface area contributed by atoms with Crippen LogP contribution in [0, 0.1) is 0 Å². The fourth-order valence-corrected chi connectivity index (χ4v) is 7.16. The first kappa shape index (κ1) is 23.3. The van der Waals surface area contributed by atoms with Crippen molar-refractivity contribution in [2.75, 3.05) is 0 Å². The molecule has 0 atom stereocenters. The van der Waals surface area contributed by atoms with Gasteiger partial charge >= 0.3 is 0 Å². The fourth-order valence-electron chi connectivity index (χ4n) is 7.16. The minimum absolute atomic E-state index is 1.24. The molecule has 0 heteroatoms. The van der Waals surface area contributed by atoms with Crippen molar-refractivity contribution in [2.45, 2.75) is 0 Å². The van der Waals surface area contributed by atoms with Gasteiger partial charge < -0.3 is 0 Å². The number of rotatable bonds is 2. The highest BCUT2D eigenvalue weighted by Crippen LogP contribution is 2.48. The van der Waals surface area contributed by atoms with Crippen LogP contribution in [-0.2, 0) is 0 Å². The van der Waals surface area contributed by atoms with Crippen LogP contribution < -0.4 is 0 Å². The third-order valence-corrected chi connectivity index (χ3v) is 8.94. The number of hydrogen-bond acceptors (Lipinski definition) is 0. The first-order valence-electron chi connectivity index (χ1n) is 14.6. The first-order valence-corrected chi connectivity index (χ1v) is 14.6. The highest BCUT2D eigenvalue weighted by molar-refractivity contribution is 6.33. The third-order valence-electron chi connectivity index (χ3n) is 8.94. The molecular formula is C42H26. The Balaban J connectivity index is 1.63. The molecular weight excluding hydrogens is 504 g/mol. The van der Waals surface area contributed by atoms with E-state index in [4.69, 9.17) is 0 Å². The van der Waals surface area contributed by atoms with Gasteiger partial charge in [0.05, 0.1) is 0 Å². The molecule has 0 fully saturated rings. The van der Waals surface area contributed by atoms with Crippen molar-refractivity contribution >= 4 is 64.6 Å². The Bertz CT molecular complexity index is 2310. The van der Waals surface area contributed by atoms with Crippen LogP contribution in [-0.4, -0.2) is 0 Å². The van der Waals surface area contributed by atoms with Gasteiger partial charge in [-0.05, 0) is 99.0 Å². The van der Waals surface area contributed by atoms with Gasteiger partial charge in [0, 0.05) is 0 Å². The number of fused-ring (bicyclic) bond motifs is 9. The number of hydrogen-bond donors (Lipinski definition) is 0. The van der Waals surface area contributed by atoms with E-state index in [-0.39, 0.29) is 0 Å². The van der Waals surface area contributed by atoms with Gasteiger partial charge in [-0.3, -0.25) is 0 Å². The van der Waals surface area contributed by atoms with Gasteiger partial charge in [-0.2, -0.15) is 0 Å². The molecule has 0 unspecified atom stereocenters. The summed E-state index contributed by atoms with van der Waals surface area (Å²) in [7, 11) is 0. The SMILES string of the molecule is c1ccc(-c2c3c(ccc4ccccc43)cc3ccc4cc5ccc6ccccc6c5c(-c5ccccc5)c4c23)cc1. The highest BCUT2D eigenvalue weighted by atomic mass is 14.2. The molecule has 194 valence electrons. The lowest BCUT2D eigenvalue weighted by molar-refractivity contribution is 1.68. The van der Waals surface area contributed by atoms with Gasteiger partial charge in [0.2, 0.25) is 0 Å². The van der Waals surface area contributed by atoms with Crippen molar-refractivity contribution in [2.24, 2.45) is 0 Å². The molecule has 0 amide bonds. The minimum atomic E-state index is 1.24. The molecule has 0 spiro atoms. The Kier molecular flexibility index (Phi) is 5.00. The van der Waals surface area contributed by atoms with Crippen molar-refractivity contribution in [1.29, 1.82) is 0 Å². The summed E-state index contributed by atoms with van der Waals surface area (Å²) in [5.41, 5.74) is 5.10. The molecule has 9 aromatic rings.